The molecule has 3 N–H and O–H groups in total. The van der Waals surface area contributed by atoms with E-state index < -0.39 is 17.8 Å². The van der Waals surface area contributed by atoms with Crippen LogP contribution in [0.3, 0.4) is 0 Å². The largest absolute Gasteiger partial charge is 0.390 e. The fraction of sp³-hybridized carbons (Fsp3) is 0.750. The van der Waals surface area contributed by atoms with Gasteiger partial charge in [-0.3, -0.25) is 4.79 Å². The molecule has 6 atom stereocenters. The summed E-state index contributed by atoms with van der Waals surface area (Å²) < 4.78 is 0. The lowest BCUT2D eigenvalue weighted by atomic mass is 9.44. The first-order valence-electron chi connectivity index (χ1n) is 8.87. The van der Waals surface area contributed by atoms with E-state index in [0.717, 1.165) is 31.1 Å². The third-order valence-electron chi connectivity index (χ3n) is 6.58. The maximum atomic E-state index is 11.0. The van der Waals surface area contributed by atoms with E-state index in [4.69, 9.17) is 0 Å². The summed E-state index contributed by atoms with van der Waals surface area (Å²) in [5.74, 6) is -0.401. The molecule has 0 aliphatic heterocycles. The Balaban J connectivity index is 2.52. The van der Waals surface area contributed by atoms with Crippen LogP contribution >= 0.6 is 0 Å². The van der Waals surface area contributed by atoms with Crippen molar-refractivity contribution in [1.82, 2.24) is 0 Å². The molecule has 0 spiro atoms. The molecule has 2 aliphatic carbocycles. The lowest BCUT2D eigenvalue weighted by Crippen LogP contribution is -2.69. The predicted octanol–water partition coefficient (Wildman–Crippen LogP) is 2.62. The second-order valence-corrected chi connectivity index (χ2v) is 8.87. The lowest BCUT2D eigenvalue weighted by molar-refractivity contribution is -0.255. The Kier molecular flexibility index (Phi) is 5.16. The van der Waals surface area contributed by atoms with E-state index in [2.05, 4.69) is 20.8 Å². The molecule has 2 saturated carbocycles. The first kappa shape index (κ1) is 19.4. The summed E-state index contributed by atoms with van der Waals surface area (Å²) in [6.45, 7) is 9.85. The van der Waals surface area contributed by atoms with Gasteiger partial charge in [0.05, 0.1) is 11.7 Å². The van der Waals surface area contributed by atoms with Gasteiger partial charge in [0, 0.05) is 5.92 Å². The van der Waals surface area contributed by atoms with Crippen LogP contribution in [-0.2, 0) is 4.79 Å². The van der Waals surface area contributed by atoms with E-state index in [1.807, 2.05) is 19.1 Å². The first-order valence-corrected chi connectivity index (χ1v) is 8.87. The van der Waals surface area contributed by atoms with Crippen LogP contribution in [0.2, 0.25) is 0 Å². The van der Waals surface area contributed by atoms with E-state index in [1.54, 1.807) is 6.92 Å². The van der Waals surface area contributed by atoms with Gasteiger partial charge in [-0.1, -0.05) is 39.3 Å². The van der Waals surface area contributed by atoms with E-state index in [-0.39, 0.29) is 22.7 Å². The van der Waals surface area contributed by atoms with Crippen LogP contribution in [0.15, 0.2) is 23.8 Å². The van der Waals surface area contributed by atoms with Gasteiger partial charge < -0.3 is 15.3 Å². The smallest absolute Gasteiger partial charge is 0.143 e. The van der Waals surface area contributed by atoms with Crippen LogP contribution in [0.1, 0.15) is 53.9 Å². The third kappa shape index (κ3) is 3.00. The molecule has 4 heteroatoms. The highest BCUT2D eigenvalue weighted by atomic mass is 16.4. The average molecular weight is 336 g/mol. The second kappa shape index (κ2) is 6.40. The fourth-order valence-corrected chi connectivity index (χ4v) is 5.53. The number of aliphatic hydroxyl groups is 3. The van der Waals surface area contributed by atoms with Gasteiger partial charge in [-0.15, -0.1) is 0 Å². The summed E-state index contributed by atoms with van der Waals surface area (Å²) in [7, 11) is 0. The number of fused-ring (bicyclic) bond motifs is 1. The maximum Gasteiger partial charge on any atom is 0.143 e. The Labute approximate surface area is 145 Å². The van der Waals surface area contributed by atoms with Gasteiger partial charge in [0.25, 0.3) is 0 Å². The Bertz CT molecular complexity index is 546. The standard InChI is InChI=1S/C20H32O4/c1-13(9-12-21)7-8-14-19(4)11-6-10-18(2,3)16(19)15(22)17(23)20(14,5)24/h7-9,12,14-17,22-24H,6,10-11H2,1-5H3/b8-7+,13-9-/t14-,15-,16+,17+,19-,20+/m1/s1. The number of aliphatic hydroxyl groups excluding tert-OH is 2. The van der Waals surface area contributed by atoms with Crippen molar-refractivity contribution in [3.05, 3.63) is 23.8 Å². The highest BCUT2D eigenvalue weighted by Crippen LogP contribution is 2.62. The number of rotatable bonds is 3. The van der Waals surface area contributed by atoms with Crippen LogP contribution in [0.5, 0.6) is 0 Å². The Morgan fingerprint density at radius 1 is 1.12 bits per heavy atom. The molecule has 0 unspecified atom stereocenters. The van der Waals surface area contributed by atoms with Crippen LogP contribution in [0.4, 0.5) is 0 Å². The normalized spacial score (nSPS) is 45.9. The van der Waals surface area contributed by atoms with Gasteiger partial charge in [-0.05, 0) is 55.1 Å². The number of carbonyl (C=O) groups excluding carboxylic acids is 1. The molecule has 0 aromatic carbocycles. The maximum absolute atomic E-state index is 11.0. The zero-order valence-electron chi connectivity index (χ0n) is 15.5. The minimum absolute atomic E-state index is 0.0982. The van der Waals surface area contributed by atoms with Gasteiger partial charge in [0.2, 0.25) is 0 Å². The van der Waals surface area contributed by atoms with Crippen molar-refractivity contribution in [1.29, 1.82) is 0 Å². The van der Waals surface area contributed by atoms with Crippen molar-refractivity contribution in [2.45, 2.75) is 71.7 Å². The molecule has 2 aliphatic rings. The molecule has 4 nitrogen and oxygen atoms in total. The average Bonchev–Trinajstić information content (AvgIpc) is 2.44. The Morgan fingerprint density at radius 2 is 1.75 bits per heavy atom. The van der Waals surface area contributed by atoms with Gasteiger partial charge in [0.15, 0.2) is 0 Å². The summed E-state index contributed by atoms with van der Waals surface area (Å²) >= 11 is 0. The molecule has 0 heterocycles. The molecule has 2 fully saturated rings. The van der Waals surface area contributed by atoms with E-state index in [0.29, 0.717) is 0 Å². The highest BCUT2D eigenvalue weighted by molar-refractivity contribution is 5.66. The molecule has 0 bridgehead atoms. The fourth-order valence-electron chi connectivity index (χ4n) is 5.53. The lowest BCUT2D eigenvalue weighted by Gasteiger charge is -2.63. The first-order chi connectivity index (χ1) is 11.0. The van der Waals surface area contributed by atoms with Gasteiger partial charge in [-0.25, -0.2) is 0 Å². The molecule has 0 aromatic heterocycles. The third-order valence-corrected chi connectivity index (χ3v) is 6.58. The number of allylic oxidation sites excluding steroid dienone is 3. The summed E-state index contributed by atoms with van der Waals surface area (Å²) in [6, 6.07) is 0. The number of carbonyl (C=O) groups is 1. The minimum atomic E-state index is -1.42. The topological polar surface area (TPSA) is 77.8 Å². The van der Waals surface area contributed by atoms with Crippen molar-refractivity contribution in [2.24, 2.45) is 22.7 Å². The summed E-state index contributed by atoms with van der Waals surface area (Å²) in [5.41, 5.74) is -1.04. The van der Waals surface area contributed by atoms with Crippen LogP contribution < -0.4 is 0 Å². The number of aldehydes is 1. The van der Waals surface area contributed by atoms with Gasteiger partial charge >= 0.3 is 0 Å². The molecule has 0 saturated heterocycles. The Hall–Kier alpha value is -0.970. The van der Waals surface area contributed by atoms with Crippen molar-refractivity contribution >= 4 is 6.29 Å². The molecule has 2 rings (SSSR count). The van der Waals surface area contributed by atoms with Crippen LogP contribution in [0.25, 0.3) is 0 Å². The molecule has 0 radical (unpaired) electrons. The molecular weight excluding hydrogens is 304 g/mol. The zero-order valence-corrected chi connectivity index (χ0v) is 15.5. The van der Waals surface area contributed by atoms with Crippen molar-refractivity contribution < 1.29 is 20.1 Å². The van der Waals surface area contributed by atoms with E-state index in [1.165, 1.54) is 6.08 Å². The van der Waals surface area contributed by atoms with Crippen molar-refractivity contribution in [3.8, 4) is 0 Å². The van der Waals surface area contributed by atoms with Gasteiger partial charge in [-0.2, -0.15) is 0 Å². The molecule has 24 heavy (non-hydrogen) atoms. The zero-order chi connectivity index (χ0) is 18.3. The summed E-state index contributed by atoms with van der Waals surface area (Å²) in [4.78, 5) is 10.6. The molecule has 0 amide bonds. The quantitative estimate of drug-likeness (QED) is 0.421. The highest BCUT2D eigenvalue weighted by Gasteiger charge is 2.64. The summed E-state index contributed by atoms with van der Waals surface area (Å²) in [5, 5.41) is 32.5. The monoisotopic (exact) mass is 336 g/mol. The minimum Gasteiger partial charge on any atom is -0.390 e. The predicted molar refractivity (Wildman–Crippen MR) is 94.3 cm³/mol. The Morgan fingerprint density at radius 3 is 2.33 bits per heavy atom. The van der Waals surface area contributed by atoms with Gasteiger partial charge in [0.1, 0.15) is 12.4 Å². The van der Waals surface area contributed by atoms with E-state index in [9.17, 15) is 20.1 Å². The van der Waals surface area contributed by atoms with Crippen LogP contribution in [0, 0.1) is 22.7 Å². The van der Waals surface area contributed by atoms with Crippen LogP contribution in [-0.4, -0.2) is 39.4 Å². The second-order valence-electron chi connectivity index (χ2n) is 8.87. The molecular formula is C20H32O4. The molecule has 0 aromatic rings. The SMILES string of the molecule is CC(=C/C=O)/C=C/[C@H]1[C@](C)(O)[C@@H](O)[C@H](O)[C@H]2C(C)(C)CCC[C@@]21C. The van der Waals surface area contributed by atoms with E-state index >= 15 is 0 Å². The van der Waals surface area contributed by atoms with Crippen molar-refractivity contribution in [3.63, 3.8) is 0 Å². The summed E-state index contributed by atoms with van der Waals surface area (Å²) in [6.07, 6.45) is 6.75. The number of hydrogen-bond acceptors (Lipinski definition) is 4. The van der Waals surface area contributed by atoms with Crippen molar-refractivity contribution in [2.75, 3.05) is 0 Å². The molecule has 136 valence electrons. The number of hydrogen-bond donors (Lipinski definition) is 3.